The number of aromatic nitrogens is 2. The molecule has 7 nitrogen and oxygen atoms in total. The second kappa shape index (κ2) is 10.4. The number of pyridine rings is 1. The van der Waals surface area contributed by atoms with Crippen LogP contribution in [0.5, 0.6) is 11.5 Å². The quantitative estimate of drug-likeness (QED) is 0.276. The van der Waals surface area contributed by atoms with Gasteiger partial charge in [0, 0.05) is 41.8 Å². The maximum atomic E-state index is 14.8. The van der Waals surface area contributed by atoms with Crippen molar-refractivity contribution in [2.45, 2.75) is 27.3 Å². The molecule has 0 aliphatic rings. The second-order valence-electron chi connectivity index (χ2n) is 8.22. The molecule has 2 aromatic heterocycles. The average Bonchev–Trinajstić information content (AvgIpc) is 3.13. The molecule has 4 aromatic rings. The molecular weight excluding hydrogens is 502 g/mol. The third-order valence-electron chi connectivity index (χ3n) is 5.98. The predicted molar refractivity (Wildman–Crippen MR) is 137 cm³/mol. The lowest BCUT2D eigenvalue weighted by Crippen LogP contribution is -2.21. The number of carbonyl (C=O) groups excluding carboxylic acids is 2. The average molecular weight is 525 g/mol. The van der Waals surface area contributed by atoms with Crippen molar-refractivity contribution in [3.8, 4) is 11.5 Å². The Bertz CT molecular complexity index is 1520. The van der Waals surface area contributed by atoms with Gasteiger partial charge in [-0.1, -0.05) is 11.6 Å². The number of halogens is 3. The lowest BCUT2D eigenvalue weighted by Gasteiger charge is -2.13. The summed E-state index contributed by atoms with van der Waals surface area (Å²) >= 11 is 6.06. The van der Waals surface area contributed by atoms with Gasteiger partial charge >= 0.3 is 0 Å². The number of ketones is 1. The van der Waals surface area contributed by atoms with Gasteiger partial charge in [0.2, 0.25) is 0 Å². The van der Waals surface area contributed by atoms with Crippen LogP contribution in [0, 0.1) is 25.5 Å². The van der Waals surface area contributed by atoms with Gasteiger partial charge in [-0.3, -0.25) is 9.59 Å². The Morgan fingerprint density at radius 3 is 2.43 bits per heavy atom. The fourth-order valence-electron chi connectivity index (χ4n) is 4.01. The fraction of sp³-hybridized carbons (Fsp3) is 0.148. The Morgan fingerprint density at radius 2 is 1.78 bits per heavy atom. The standard InChI is InChI=1S/C27H23ClF2N4O3/c1-4-34-15(3)14(2)22(25(35)16-5-7-17(29)8-6-16)24(34)27(36)33-18-9-10-20(19(30)13-18)37-21-11-12-32-26(31)23(21)28/h5-13H,4H2,1-3H3,(H2,31,32)(H,33,36). The van der Waals surface area contributed by atoms with Gasteiger partial charge in [-0.25, -0.2) is 13.8 Å². The van der Waals surface area contributed by atoms with Crippen LogP contribution >= 0.6 is 11.6 Å². The van der Waals surface area contributed by atoms with Crippen LogP contribution < -0.4 is 15.8 Å². The summed E-state index contributed by atoms with van der Waals surface area (Å²) in [5.74, 6) is -2.22. The minimum absolute atomic E-state index is 0.0407. The maximum Gasteiger partial charge on any atom is 0.273 e. The molecule has 0 fully saturated rings. The Morgan fingerprint density at radius 1 is 1.08 bits per heavy atom. The number of nitrogens with one attached hydrogen (secondary N) is 1. The Balaban J connectivity index is 1.65. The number of ether oxygens (including phenoxy) is 1. The Hall–Kier alpha value is -4.24. The molecule has 0 bridgehead atoms. The molecule has 0 aliphatic carbocycles. The molecule has 0 saturated heterocycles. The van der Waals surface area contributed by atoms with E-state index in [1.54, 1.807) is 18.4 Å². The summed E-state index contributed by atoms with van der Waals surface area (Å²) in [5.41, 5.74) is 7.75. The van der Waals surface area contributed by atoms with Crippen LogP contribution in [0.1, 0.15) is 44.6 Å². The third-order valence-corrected chi connectivity index (χ3v) is 6.36. The lowest BCUT2D eigenvalue weighted by molar-refractivity contribution is 0.0989. The van der Waals surface area contributed by atoms with Crippen molar-refractivity contribution in [1.29, 1.82) is 0 Å². The van der Waals surface area contributed by atoms with E-state index < -0.39 is 23.3 Å². The highest BCUT2D eigenvalue weighted by molar-refractivity contribution is 6.34. The minimum Gasteiger partial charge on any atom is -0.453 e. The van der Waals surface area contributed by atoms with Gasteiger partial charge in [0.25, 0.3) is 5.91 Å². The fourth-order valence-corrected chi connectivity index (χ4v) is 4.16. The van der Waals surface area contributed by atoms with Crippen molar-refractivity contribution in [2.75, 3.05) is 11.1 Å². The zero-order valence-electron chi connectivity index (χ0n) is 20.2. The van der Waals surface area contributed by atoms with E-state index >= 15 is 0 Å². The monoisotopic (exact) mass is 524 g/mol. The molecule has 0 saturated carbocycles. The van der Waals surface area contributed by atoms with Gasteiger partial charge in [0.1, 0.15) is 22.4 Å². The van der Waals surface area contributed by atoms with Crippen molar-refractivity contribution >= 4 is 34.8 Å². The van der Waals surface area contributed by atoms with Crippen molar-refractivity contribution in [3.63, 3.8) is 0 Å². The summed E-state index contributed by atoms with van der Waals surface area (Å²) in [6.45, 7) is 5.82. The number of nitrogens with zero attached hydrogens (tertiary/aromatic N) is 2. The number of amides is 1. The molecule has 0 atom stereocenters. The minimum atomic E-state index is -0.759. The number of carbonyl (C=O) groups is 2. The summed E-state index contributed by atoms with van der Waals surface area (Å²) < 4.78 is 35.5. The predicted octanol–water partition coefficient (Wildman–Crippen LogP) is 6.31. The van der Waals surface area contributed by atoms with Crippen LogP contribution in [-0.4, -0.2) is 21.2 Å². The molecule has 0 radical (unpaired) electrons. The molecule has 0 aliphatic heterocycles. The topological polar surface area (TPSA) is 99.2 Å². The number of hydrogen-bond donors (Lipinski definition) is 2. The third kappa shape index (κ3) is 5.03. The van der Waals surface area contributed by atoms with E-state index in [0.29, 0.717) is 12.1 Å². The number of rotatable bonds is 7. The molecule has 1 amide bonds. The van der Waals surface area contributed by atoms with Gasteiger partial charge in [-0.15, -0.1) is 0 Å². The van der Waals surface area contributed by atoms with Crippen LogP contribution in [0.15, 0.2) is 54.7 Å². The summed E-state index contributed by atoms with van der Waals surface area (Å²) in [4.78, 5) is 30.6. The van der Waals surface area contributed by atoms with E-state index in [-0.39, 0.29) is 44.8 Å². The van der Waals surface area contributed by atoms with Gasteiger partial charge in [0.15, 0.2) is 23.1 Å². The van der Waals surface area contributed by atoms with Gasteiger partial charge < -0.3 is 20.4 Å². The van der Waals surface area contributed by atoms with Crippen LogP contribution in [0.4, 0.5) is 20.3 Å². The van der Waals surface area contributed by atoms with Gasteiger partial charge in [0.05, 0.1) is 5.56 Å². The zero-order valence-corrected chi connectivity index (χ0v) is 21.0. The summed E-state index contributed by atoms with van der Waals surface area (Å²) in [6.07, 6.45) is 1.38. The first-order valence-corrected chi connectivity index (χ1v) is 11.7. The van der Waals surface area contributed by atoms with Gasteiger partial charge in [-0.05, 0) is 62.7 Å². The van der Waals surface area contributed by atoms with Crippen molar-refractivity contribution < 1.29 is 23.1 Å². The number of nitrogen functional groups attached to an aromatic ring is 1. The highest BCUT2D eigenvalue weighted by Crippen LogP contribution is 2.34. The van der Waals surface area contributed by atoms with E-state index in [4.69, 9.17) is 22.1 Å². The zero-order chi connectivity index (χ0) is 26.9. The maximum absolute atomic E-state index is 14.8. The van der Waals surface area contributed by atoms with Crippen molar-refractivity contribution in [3.05, 3.63) is 99.5 Å². The van der Waals surface area contributed by atoms with E-state index in [1.807, 2.05) is 6.92 Å². The van der Waals surface area contributed by atoms with Crippen LogP contribution in [0.3, 0.4) is 0 Å². The van der Waals surface area contributed by atoms with Gasteiger partial charge in [-0.2, -0.15) is 0 Å². The normalized spacial score (nSPS) is 10.9. The summed E-state index contributed by atoms with van der Waals surface area (Å²) in [5, 5.41) is 2.70. The molecule has 0 spiro atoms. The number of anilines is 2. The molecular formula is C27H23ClF2N4O3. The Kier molecular flexibility index (Phi) is 7.26. The first kappa shape index (κ1) is 25.8. The molecule has 0 unspecified atom stereocenters. The highest BCUT2D eigenvalue weighted by atomic mass is 35.5. The highest BCUT2D eigenvalue weighted by Gasteiger charge is 2.28. The summed E-state index contributed by atoms with van der Waals surface area (Å²) in [6, 6.07) is 10.4. The molecule has 190 valence electrons. The SMILES string of the molecule is CCn1c(C)c(C)c(C(=O)c2ccc(F)cc2)c1C(=O)Nc1ccc(Oc2ccnc(N)c2Cl)c(F)c1. The molecule has 3 N–H and O–H groups in total. The second-order valence-corrected chi connectivity index (χ2v) is 8.60. The Labute approximate surface area is 216 Å². The van der Waals surface area contributed by atoms with E-state index in [0.717, 1.165) is 11.8 Å². The first-order chi connectivity index (χ1) is 17.6. The lowest BCUT2D eigenvalue weighted by atomic mass is 9.99. The smallest absolute Gasteiger partial charge is 0.273 e. The molecule has 2 heterocycles. The van der Waals surface area contributed by atoms with E-state index in [9.17, 15) is 18.4 Å². The number of benzene rings is 2. The van der Waals surface area contributed by atoms with Crippen molar-refractivity contribution in [2.24, 2.45) is 0 Å². The van der Waals surface area contributed by atoms with Crippen LogP contribution in [0.25, 0.3) is 0 Å². The van der Waals surface area contributed by atoms with Crippen LogP contribution in [0.2, 0.25) is 5.02 Å². The molecule has 10 heteroatoms. The van der Waals surface area contributed by atoms with Crippen LogP contribution in [-0.2, 0) is 6.54 Å². The van der Waals surface area contributed by atoms with E-state index in [1.165, 1.54) is 48.7 Å². The number of nitrogens with two attached hydrogens (primary N) is 1. The first-order valence-electron chi connectivity index (χ1n) is 11.3. The summed E-state index contributed by atoms with van der Waals surface area (Å²) in [7, 11) is 0. The number of hydrogen-bond acceptors (Lipinski definition) is 5. The van der Waals surface area contributed by atoms with Crippen molar-refractivity contribution in [1.82, 2.24) is 9.55 Å². The molecule has 2 aromatic carbocycles. The molecule has 37 heavy (non-hydrogen) atoms. The largest absolute Gasteiger partial charge is 0.453 e. The molecule has 4 rings (SSSR count). The van der Waals surface area contributed by atoms with E-state index in [2.05, 4.69) is 10.3 Å².